The van der Waals surface area contributed by atoms with Gasteiger partial charge in [0.05, 0.1) is 12.3 Å². The summed E-state index contributed by atoms with van der Waals surface area (Å²) in [5.74, 6) is 1.45. The molecule has 0 saturated carbocycles. The van der Waals surface area contributed by atoms with Crippen molar-refractivity contribution < 1.29 is 19.1 Å². The number of rotatable bonds is 9. The van der Waals surface area contributed by atoms with Crippen LogP contribution in [0.3, 0.4) is 0 Å². The van der Waals surface area contributed by atoms with Crippen molar-refractivity contribution in [2.45, 2.75) is 32.6 Å². The van der Waals surface area contributed by atoms with Crippen LogP contribution in [0.2, 0.25) is 0 Å². The highest BCUT2D eigenvalue weighted by Gasteiger charge is 2.11. The van der Waals surface area contributed by atoms with Crippen LogP contribution in [0.4, 0.5) is 0 Å². The first-order valence-corrected chi connectivity index (χ1v) is 9.07. The molecule has 1 aromatic heterocycles. The van der Waals surface area contributed by atoms with Gasteiger partial charge in [-0.15, -0.1) is 0 Å². The first kappa shape index (κ1) is 18.7. The molecule has 1 N–H and O–H groups in total. The van der Waals surface area contributed by atoms with Crippen LogP contribution in [-0.2, 0) is 17.6 Å². The first-order valence-electron chi connectivity index (χ1n) is 9.07. The molecule has 0 fully saturated rings. The number of ether oxygens (including phenoxy) is 1. The molecule has 3 aromatic rings. The summed E-state index contributed by atoms with van der Waals surface area (Å²) in [6.07, 6.45) is 2.19. The van der Waals surface area contributed by atoms with Gasteiger partial charge in [0, 0.05) is 18.4 Å². The maximum atomic E-state index is 10.6. The second-order valence-electron chi connectivity index (χ2n) is 6.38. The summed E-state index contributed by atoms with van der Waals surface area (Å²) in [4.78, 5) is 15.2. The van der Waals surface area contributed by atoms with Crippen LogP contribution < -0.4 is 4.74 Å². The third kappa shape index (κ3) is 5.45. The molecule has 27 heavy (non-hydrogen) atoms. The van der Waals surface area contributed by atoms with Crippen LogP contribution in [0.5, 0.6) is 5.75 Å². The molecule has 5 heteroatoms. The summed E-state index contributed by atoms with van der Waals surface area (Å²) in [6.45, 7) is 2.41. The molecule has 0 unspecified atom stereocenters. The van der Waals surface area contributed by atoms with Crippen molar-refractivity contribution in [1.29, 1.82) is 0 Å². The zero-order chi connectivity index (χ0) is 19.1. The Hall–Kier alpha value is -3.08. The van der Waals surface area contributed by atoms with Crippen molar-refractivity contribution in [3.05, 3.63) is 71.6 Å². The second kappa shape index (κ2) is 9.03. The lowest BCUT2D eigenvalue weighted by Crippen LogP contribution is -2.03. The van der Waals surface area contributed by atoms with E-state index in [0.717, 1.165) is 34.8 Å². The van der Waals surface area contributed by atoms with Gasteiger partial charge in [-0.25, -0.2) is 4.98 Å². The molecule has 0 saturated heterocycles. The minimum absolute atomic E-state index is 0.181. The standard InChI is InChI=1S/C22H23NO4/c1-16-20(23-22(27-16)18-9-3-2-4-10-18)13-14-26-19-11-5-7-17(15-19)8-6-12-21(24)25/h2-5,7,9-11,15H,6,8,12-14H2,1H3,(H,24,25). The van der Waals surface area contributed by atoms with Crippen LogP contribution in [0, 0.1) is 6.92 Å². The topological polar surface area (TPSA) is 72.6 Å². The van der Waals surface area contributed by atoms with Gasteiger partial charge in [0.25, 0.3) is 0 Å². The van der Waals surface area contributed by atoms with Gasteiger partial charge in [-0.2, -0.15) is 0 Å². The lowest BCUT2D eigenvalue weighted by Gasteiger charge is -2.07. The Kier molecular flexibility index (Phi) is 6.26. The lowest BCUT2D eigenvalue weighted by molar-refractivity contribution is -0.137. The van der Waals surface area contributed by atoms with Gasteiger partial charge in [0.1, 0.15) is 11.5 Å². The van der Waals surface area contributed by atoms with E-state index in [9.17, 15) is 4.79 Å². The van der Waals surface area contributed by atoms with E-state index in [1.807, 2.05) is 61.5 Å². The summed E-state index contributed by atoms with van der Waals surface area (Å²) in [6, 6.07) is 17.6. The van der Waals surface area contributed by atoms with E-state index in [1.54, 1.807) is 0 Å². The van der Waals surface area contributed by atoms with Gasteiger partial charge in [-0.1, -0.05) is 30.3 Å². The van der Waals surface area contributed by atoms with E-state index in [-0.39, 0.29) is 6.42 Å². The SMILES string of the molecule is Cc1oc(-c2ccccc2)nc1CCOc1cccc(CCCC(=O)O)c1. The molecule has 0 amide bonds. The van der Waals surface area contributed by atoms with E-state index in [1.165, 1.54) is 0 Å². The number of carboxylic acid groups (broad SMARTS) is 1. The van der Waals surface area contributed by atoms with Crippen molar-refractivity contribution in [3.63, 3.8) is 0 Å². The van der Waals surface area contributed by atoms with E-state index in [4.69, 9.17) is 14.3 Å². The van der Waals surface area contributed by atoms with Crippen molar-refractivity contribution >= 4 is 5.97 Å². The molecule has 0 radical (unpaired) electrons. The lowest BCUT2D eigenvalue weighted by atomic mass is 10.1. The average molecular weight is 365 g/mol. The number of aromatic nitrogens is 1. The molecular weight excluding hydrogens is 342 g/mol. The number of oxazole rings is 1. The van der Waals surface area contributed by atoms with Crippen LogP contribution in [0.15, 0.2) is 59.0 Å². The first-order chi connectivity index (χ1) is 13.1. The van der Waals surface area contributed by atoms with E-state index in [2.05, 4.69) is 4.98 Å². The van der Waals surface area contributed by atoms with Crippen LogP contribution in [0.25, 0.3) is 11.5 Å². The van der Waals surface area contributed by atoms with E-state index in [0.29, 0.717) is 25.3 Å². The summed E-state index contributed by atoms with van der Waals surface area (Å²) >= 11 is 0. The highest BCUT2D eigenvalue weighted by Crippen LogP contribution is 2.22. The second-order valence-corrected chi connectivity index (χ2v) is 6.38. The zero-order valence-corrected chi connectivity index (χ0v) is 15.4. The Balaban J connectivity index is 1.54. The number of hydrogen-bond donors (Lipinski definition) is 1. The number of aliphatic carboxylic acids is 1. The molecule has 0 bridgehead atoms. The monoisotopic (exact) mass is 365 g/mol. The summed E-state index contributed by atoms with van der Waals surface area (Å²) in [7, 11) is 0. The Morgan fingerprint density at radius 3 is 2.70 bits per heavy atom. The molecular formula is C22H23NO4. The Morgan fingerprint density at radius 2 is 1.93 bits per heavy atom. The Labute approximate surface area is 158 Å². The largest absolute Gasteiger partial charge is 0.493 e. The summed E-state index contributed by atoms with van der Waals surface area (Å²) in [5, 5.41) is 8.73. The number of carboxylic acids is 1. The van der Waals surface area contributed by atoms with Gasteiger partial charge in [0.2, 0.25) is 5.89 Å². The summed E-state index contributed by atoms with van der Waals surface area (Å²) in [5.41, 5.74) is 2.94. The number of benzene rings is 2. The van der Waals surface area contributed by atoms with Crippen LogP contribution >= 0.6 is 0 Å². The fraction of sp³-hybridized carbons (Fsp3) is 0.273. The van der Waals surface area contributed by atoms with Gasteiger partial charge >= 0.3 is 5.97 Å². The van der Waals surface area contributed by atoms with Gasteiger partial charge in [-0.3, -0.25) is 4.79 Å². The predicted molar refractivity (Wildman–Crippen MR) is 103 cm³/mol. The minimum atomic E-state index is -0.764. The van der Waals surface area contributed by atoms with E-state index < -0.39 is 5.97 Å². The molecule has 140 valence electrons. The van der Waals surface area contributed by atoms with Crippen molar-refractivity contribution in [2.24, 2.45) is 0 Å². The predicted octanol–water partition coefficient (Wildman–Crippen LogP) is 4.68. The van der Waals surface area contributed by atoms with E-state index >= 15 is 0 Å². The highest BCUT2D eigenvalue weighted by atomic mass is 16.5. The highest BCUT2D eigenvalue weighted by molar-refractivity contribution is 5.66. The molecule has 0 atom stereocenters. The third-order valence-corrected chi connectivity index (χ3v) is 4.28. The normalized spacial score (nSPS) is 10.7. The number of aryl methyl sites for hydroxylation is 2. The number of nitrogens with zero attached hydrogens (tertiary/aromatic N) is 1. The molecule has 0 aliphatic heterocycles. The number of hydrogen-bond acceptors (Lipinski definition) is 4. The molecule has 5 nitrogen and oxygen atoms in total. The van der Waals surface area contributed by atoms with Gasteiger partial charge in [0.15, 0.2) is 0 Å². The quantitative estimate of drug-likeness (QED) is 0.596. The molecule has 2 aromatic carbocycles. The van der Waals surface area contributed by atoms with Crippen LogP contribution in [0.1, 0.15) is 29.9 Å². The Morgan fingerprint density at radius 1 is 1.11 bits per heavy atom. The third-order valence-electron chi connectivity index (χ3n) is 4.28. The van der Waals surface area contributed by atoms with Crippen molar-refractivity contribution in [3.8, 4) is 17.2 Å². The van der Waals surface area contributed by atoms with Gasteiger partial charge < -0.3 is 14.3 Å². The van der Waals surface area contributed by atoms with Crippen LogP contribution in [-0.4, -0.2) is 22.7 Å². The maximum absolute atomic E-state index is 10.6. The van der Waals surface area contributed by atoms with Crippen molar-refractivity contribution in [2.75, 3.05) is 6.61 Å². The fourth-order valence-corrected chi connectivity index (χ4v) is 2.86. The Bertz CT molecular complexity index is 886. The minimum Gasteiger partial charge on any atom is -0.493 e. The fourth-order valence-electron chi connectivity index (χ4n) is 2.86. The molecule has 1 heterocycles. The smallest absolute Gasteiger partial charge is 0.303 e. The van der Waals surface area contributed by atoms with Crippen molar-refractivity contribution in [1.82, 2.24) is 4.98 Å². The van der Waals surface area contributed by atoms with Gasteiger partial charge in [-0.05, 0) is 49.6 Å². The molecule has 0 aliphatic rings. The number of carbonyl (C=O) groups is 1. The summed E-state index contributed by atoms with van der Waals surface area (Å²) < 4.78 is 11.6. The average Bonchev–Trinajstić information content (AvgIpc) is 3.03. The molecule has 0 aliphatic carbocycles. The molecule has 3 rings (SSSR count). The maximum Gasteiger partial charge on any atom is 0.303 e. The molecule has 0 spiro atoms. The zero-order valence-electron chi connectivity index (χ0n) is 15.4.